The normalized spacial score (nSPS) is 16.2. The Bertz CT molecular complexity index is 953. The van der Waals surface area contributed by atoms with Gasteiger partial charge in [0.2, 0.25) is 17.9 Å². The van der Waals surface area contributed by atoms with Crippen LogP contribution in [0.3, 0.4) is 0 Å². The Morgan fingerprint density at radius 2 is 1.61 bits per heavy atom. The van der Waals surface area contributed by atoms with E-state index in [1.54, 1.807) is 48.5 Å². The Balaban J connectivity index is 1.81. The molecule has 1 atom stereocenters. The summed E-state index contributed by atoms with van der Waals surface area (Å²) < 4.78 is 0. The molecule has 0 saturated heterocycles. The Kier molecular flexibility index (Phi) is 5.54. The number of amides is 3. The summed E-state index contributed by atoms with van der Waals surface area (Å²) in [7, 11) is 0. The van der Waals surface area contributed by atoms with Crippen molar-refractivity contribution in [2.24, 2.45) is 15.3 Å². The largest absolute Gasteiger partial charge is 0.326 e. The van der Waals surface area contributed by atoms with E-state index in [9.17, 15) is 14.4 Å². The van der Waals surface area contributed by atoms with Crippen molar-refractivity contribution < 1.29 is 14.4 Å². The van der Waals surface area contributed by atoms with Crippen LogP contribution in [0.25, 0.3) is 0 Å². The van der Waals surface area contributed by atoms with Crippen molar-refractivity contribution in [2.45, 2.75) is 19.9 Å². The maximum atomic E-state index is 12.8. The predicted molar refractivity (Wildman–Crippen MR) is 104 cm³/mol. The molecule has 1 heterocycles. The van der Waals surface area contributed by atoms with E-state index < -0.39 is 11.9 Å². The molecule has 9 heteroatoms. The molecule has 2 N–H and O–H groups in total. The van der Waals surface area contributed by atoms with E-state index in [-0.39, 0.29) is 17.6 Å². The molecule has 0 bridgehead atoms. The van der Waals surface area contributed by atoms with E-state index in [2.05, 4.69) is 26.0 Å². The fraction of sp³-hybridized carbons (Fsp3) is 0.158. The lowest BCUT2D eigenvalue weighted by molar-refractivity contribution is -0.118. The van der Waals surface area contributed by atoms with Crippen molar-refractivity contribution in [2.75, 3.05) is 10.3 Å². The highest BCUT2D eigenvalue weighted by molar-refractivity contribution is 6.21. The molecule has 0 saturated carbocycles. The number of hydrazone groups is 1. The van der Waals surface area contributed by atoms with Gasteiger partial charge in [-0.15, -0.1) is 5.10 Å². The first-order chi connectivity index (χ1) is 13.4. The van der Waals surface area contributed by atoms with Crippen molar-refractivity contribution in [1.29, 1.82) is 0 Å². The lowest BCUT2D eigenvalue weighted by atomic mass is 10.2. The number of hydrogen-bond acceptors (Lipinski definition) is 6. The number of hydrogen-bond donors (Lipinski definition) is 2. The molecule has 142 valence electrons. The minimum absolute atomic E-state index is 0.111. The lowest BCUT2D eigenvalue weighted by Gasteiger charge is -2.11. The Labute approximate surface area is 161 Å². The van der Waals surface area contributed by atoms with Gasteiger partial charge >= 0.3 is 0 Å². The average Bonchev–Trinajstić information content (AvgIpc) is 2.96. The summed E-state index contributed by atoms with van der Waals surface area (Å²) in [6.45, 7) is 2.74. The molecule has 1 aliphatic rings. The Morgan fingerprint density at radius 3 is 2.21 bits per heavy atom. The zero-order chi connectivity index (χ0) is 20.1. The standard InChI is InChI=1S/C19H18N6O3/c1-12(26)20-14-8-10-15(11-9-14)22-23-17-18(21-13(2)27)24-25(19(17)28)16-6-4-3-5-7-16/h3-11,17H,1-2H3,(H,20,26)(H,21,24,27)/t17-/m1/s1. The highest BCUT2D eigenvalue weighted by Crippen LogP contribution is 2.23. The number of benzene rings is 2. The summed E-state index contributed by atoms with van der Waals surface area (Å²) in [6, 6.07) is 14.4. The minimum atomic E-state index is -1.06. The summed E-state index contributed by atoms with van der Waals surface area (Å²) in [5.74, 6) is -0.849. The number of amidine groups is 1. The van der Waals surface area contributed by atoms with Gasteiger partial charge in [0.15, 0.2) is 5.84 Å². The number of anilines is 2. The summed E-state index contributed by atoms with van der Waals surface area (Å²) in [4.78, 5) is 35.3. The maximum Gasteiger partial charge on any atom is 0.282 e. The van der Waals surface area contributed by atoms with Gasteiger partial charge < -0.3 is 10.6 Å². The van der Waals surface area contributed by atoms with Crippen molar-refractivity contribution >= 4 is 40.6 Å². The molecule has 1 aliphatic heterocycles. The Morgan fingerprint density at radius 1 is 0.964 bits per heavy atom. The second-order valence-electron chi connectivity index (χ2n) is 6.00. The van der Waals surface area contributed by atoms with Gasteiger partial charge in [0, 0.05) is 19.5 Å². The third kappa shape index (κ3) is 4.44. The molecule has 0 fully saturated rings. The molecule has 2 aromatic rings. The number of nitrogens with one attached hydrogen (secondary N) is 2. The Hall–Kier alpha value is -3.88. The topological polar surface area (TPSA) is 116 Å². The summed E-state index contributed by atoms with van der Waals surface area (Å²) >= 11 is 0. The molecule has 0 aliphatic carbocycles. The van der Waals surface area contributed by atoms with E-state index in [1.807, 2.05) is 6.07 Å². The fourth-order valence-corrected chi connectivity index (χ4v) is 2.52. The van der Waals surface area contributed by atoms with Crippen LogP contribution in [0, 0.1) is 0 Å². The molecule has 0 radical (unpaired) electrons. The maximum absolute atomic E-state index is 12.8. The van der Waals surface area contributed by atoms with Crippen molar-refractivity contribution in [3.05, 3.63) is 54.6 Å². The van der Waals surface area contributed by atoms with Gasteiger partial charge in [0.25, 0.3) is 5.91 Å². The van der Waals surface area contributed by atoms with Crippen LogP contribution >= 0.6 is 0 Å². The number of azo groups is 1. The summed E-state index contributed by atoms with van der Waals surface area (Å²) in [6.07, 6.45) is 0. The smallest absolute Gasteiger partial charge is 0.282 e. The number of rotatable bonds is 4. The molecule has 0 aromatic heterocycles. The number of carbonyl (C=O) groups is 3. The quantitative estimate of drug-likeness (QED) is 0.797. The monoisotopic (exact) mass is 378 g/mol. The van der Waals surface area contributed by atoms with Gasteiger partial charge in [-0.25, -0.2) is 0 Å². The number of nitrogens with zero attached hydrogens (tertiary/aromatic N) is 4. The summed E-state index contributed by atoms with van der Waals surface area (Å²) in [5, 5.41) is 18.7. The van der Waals surface area contributed by atoms with Crippen LogP contribution in [0.4, 0.5) is 17.1 Å². The first-order valence-corrected chi connectivity index (χ1v) is 8.47. The van der Waals surface area contributed by atoms with Crippen molar-refractivity contribution in [3.63, 3.8) is 0 Å². The van der Waals surface area contributed by atoms with Gasteiger partial charge in [-0.05, 0) is 36.4 Å². The van der Waals surface area contributed by atoms with Gasteiger partial charge in [-0.3, -0.25) is 14.4 Å². The fourth-order valence-electron chi connectivity index (χ4n) is 2.52. The first kappa shape index (κ1) is 18.9. The van der Waals surface area contributed by atoms with E-state index >= 15 is 0 Å². The highest BCUT2D eigenvalue weighted by atomic mass is 16.2. The van der Waals surface area contributed by atoms with E-state index in [0.29, 0.717) is 17.1 Å². The molecule has 3 amide bonds. The van der Waals surface area contributed by atoms with Crippen LogP contribution in [-0.2, 0) is 14.4 Å². The zero-order valence-electron chi connectivity index (χ0n) is 15.3. The molecule has 28 heavy (non-hydrogen) atoms. The highest BCUT2D eigenvalue weighted by Gasteiger charge is 2.37. The van der Waals surface area contributed by atoms with Gasteiger partial charge in [0.05, 0.1) is 11.4 Å². The second kappa shape index (κ2) is 8.21. The minimum Gasteiger partial charge on any atom is -0.326 e. The average molecular weight is 378 g/mol. The van der Waals surface area contributed by atoms with Crippen LogP contribution in [-0.4, -0.2) is 29.6 Å². The van der Waals surface area contributed by atoms with E-state index in [4.69, 9.17) is 0 Å². The van der Waals surface area contributed by atoms with Crippen molar-refractivity contribution in [3.8, 4) is 0 Å². The summed E-state index contributed by atoms with van der Waals surface area (Å²) in [5.41, 5.74) is 1.68. The number of para-hydroxylation sites is 1. The molecule has 0 spiro atoms. The molecular weight excluding hydrogens is 360 g/mol. The lowest BCUT2D eigenvalue weighted by Crippen LogP contribution is -2.38. The van der Waals surface area contributed by atoms with Crippen LogP contribution in [0.2, 0.25) is 0 Å². The molecule has 9 nitrogen and oxygen atoms in total. The van der Waals surface area contributed by atoms with Crippen LogP contribution in [0.15, 0.2) is 69.9 Å². The van der Waals surface area contributed by atoms with Crippen molar-refractivity contribution in [1.82, 2.24) is 5.32 Å². The molecule has 3 rings (SSSR count). The van der Waals surface area contributed by atoms with Gasteiger partial charge in [-0.1, -0.05) is 18.2 Å². The van der Waals surface area contributed by atoms with E-state index in [0.717, 1.165) is 0 Å². The van der Waals surface area contributed by atoms with Gasteiger partial charge in [-0.2, -0.15) is 15.2 Å². The zero-order valence-corrected chi connectivity index (χ0v) is 15.3. The number of carbonyl (C=O) groups excluding carboxylic acids is 3. The molecular formula is C19H18N6O3. The third-order valence-corrected chi connectivity index (χ3v) is 3.69. The van der Waals surface area contributed by atoms with Crippen LogP contribution in [0.5, 0.6) is 0 Å². The van der Waals surface area contributed by atoms with Crippen LogP contribution < -0.4 is 15.6 Å². The molecule has 0 unspecified atom stereocenters. The molecule has 2 aromatic carbocycles. The van der Waals surface area contributed by atoms with Crippen LogP contribution in [0.1, 0.15) is 13.8 Å². The second-order valence-corrected chi connectivity index (χ2v) is 6.00. The first-order valence-electron chi connectivity index (χ1n) is 8.47. The SMILES string of the molecule is CC(=O)NC1=NN(c2ccccc2)C(=O)[C@@H]1N=Nc1ccc(NC(C)=O)cc1. The third-order valence-electron chi connectivity index (χ3n) is 3.69. The predicted octanol–water partition coefficient (Wildman–Crippen LogP) is 2.59. The van der Waals surface area contributed by atoms with E-state index in [1.165, 1.54) is 18.9 Å². The van der Waals surface area contributed by atoms with Gasteiger partial charge in [0.1, 0.15) is 0 Å².